The second-order valence-electron chi connectivity index (χ2n) is 4.15. The molecule has 1 fully saturated rings. The molecule has 1 aliphatic heterocycles. The summed E-state index contributed by atoms with van der Waals surface area (Å²) in [4.78, 5) is 14.6. The zero-order chi connectivity index (χ0) is 13.8. The Bertz CT molecular complexity index is 583. The minimum absolute atomic E-state index is 0.0923. The number of amides is 1. The first-order chi connectivity index (χ1) is 9.15. The van der Waals surface area contributed by atoms with Gasteiger partial charge in [-0.2, -0.15) is 5.26 Å². The lowest BCUT2D eigenvalue weighted by atomic mass is 10.3. The van der Waals surface area contributed by atoms with Crippen LogP contribution in [-0.2, 0) is 4.79 Å². The van der Waals surface area contributed by atoms with Crippen molar-refractivity contribution in [1.29, 1.82) is 5.26 Å². The molecule has 2 heterocycles. The predicted octanol–water partition coefficient (Wildman–Crippen LogP) is 2.48. The Morgan fingerprint density at radius 1 is 1.63 bits per heavy atom. The molecule has 0 atom stereocenters. The summed E-state index contributed by atoms with van der Waals surface area (Å²) in [6, 6.07) is 3.82. The van der Waals surface area contributed by atoms with E-state index in [9.17, 15) is 4.79 Å². The van der Waals surface area contributed by atoms with Crippen molar-refractivity contribution >= 4 is 40.7 Å². The second kappa shape index (κ2) is 5.95. The van der Waals surface area contributed by atoms with Crippen molar-refractivity contribution < 1.29 is 4.79 Å². The molecule has 0 unspecified atom stereocenters. The number of hydrogen-bond acceptors (Lipinski definition) is 4. The molecule has 1 saturated heterocycles. The molecule has 1 amide bonds. The van der Waals surface area contributed by atoms with Gasteiger partial charge in [-0.15, -0.1) is 11.3 Å². The number of thiocarbonyl (C=S) groups is 1. The van der Waals surface area contributed by atoms with Crippen molar-refractivity contribution in [3.05, 3.63) is 27.6 Å². The summed E-state index contributed by atoms with van der Waals surface area (Å²) in [5, 5.41) is 13.9. The average molecular weight is 291 g/mol. The van der Waals surface area contributed by atoms with Crippen LogP contribution in [0.25, 0.3) is 6.08 Å². The summed E-state index contributed by atoms with van der Waals surface area (Å²) >= 11 is 6.59. The zero-order valence-electron chi connectivity index (χ0n) is 10.5. The lowest BCUT2D eigenvalue weighted by Crippen LogP contribution is -2.31. The number of nitriles is 1. The normalized spacial score (nSPS) is 16.8. The third-order valence-corrected chi connectivity index (χ3v) is 3.94. The van der Waals surface area contributed by atoms with Crippen LogP contribution in [0.3, 0.4) is 0 Å². The van der Waals surface area contributed by atoms with Crippen molar-refractivity contribution in [2.75, 3.05) is 6.54 Å². The quantitative estimate of drug-likeness (QED) is 0.684. The van der Waals surface area contributed by atoms with Gasteiger partial charge in [-0.05, 0) is 30.8 Å². The molecule has 1 N–H and O–H groups in total. The smallest absolute Gasteiger partial charge is 0.276 e. The molecule has 0 aliphatic carbocycles. The van der Waals surface area contributed by atoms with Crippen molar-refractivity contribution in [3.63, 3.8) is 0 Å². The molecule has 0 aromatic carbocycles. The van der Waals surface area contributed by atoms with Gasteiger partial charge >= 0.3 is 0 Å². The van der Waals surface area contributed by atoms with Gasteiger partial charge in [-0.3, -0.25) is 9.69 Å². The van der Waals surface area contributed by atoms with E-state index >= 15 is 0 Å². The largest absolute Gasteiger partial charge is 0.328 e. The van der Waals surface area contributed by atoms with Gasteiger partial charge in [0, 0.05) is 16.8 Å². The predicted molar refractivity (Wildman–Crippen MR) is 79.4 cm³/mol. The Hall–Kier alpha value is -1.71. The van der Waals surface area contributed by atoms with Gasteiger partial charge in [0.15, 0.2) is 5.11 Å². The highest BCUT2D eigenvalue weighted by atomic mass is 32.1. The zero-order valence-corrected chi connectivity index (χ0v) is 12.1. The van der Waals surface area contributed by atoms with E-state index in [2.05, 4.69) is 18.3 Å². The molecule has 0 radical (unpaired) electrons. The van der Waals surface area contributed by atoms with Gasteiger partial charge in [-0.25, -0.2) is 0 Å². The van der Waals surface area contributed by atoms with E-state index in [1.54, 1.807) is 22.4 Å². The third kappa shape index (κ3) is 3.00. The summed E-state index contributed by atoms with van der Waals surface area (Å²) in [6.07, 6.45) is 3.69. The standard InChI is InChI=1S/C13H13N3OS2/c1-2-3-4-16-12(17)11(15-13(16)18)6-10-5-9(7-14)8-19-10/h5-6,8H,2-4H2,1H3,(H,15,18). The van der Waals surface area contributed by atoms with Crippen molar-refractivity contribution in [2.45, 2.75) is 19.8 Å². The summed E-state index contributed by atoms with van der Waals surface area (Å²) in [6.45, 7) is 2.72. The first kappa shape index (κ1) is 13.7. The monoisotopic (exact) mass is 291 g/mol. The van der Waals surface area contributed by atoms with E-state index in [1.165, 1.54) is 11.3 Å². The van der Waals surface area contributed by atoms with Crippen LogP contribution < -0.4 is 5.32 Å². The summed E-state index contributed by atoms with van der Waals surface area (Å²) in [5.41, 5.74) is 1.08. The van der Waals surface area contributed by atoms with Crippen LogP contribution in [0.2, 0.25) is 0 Å². The average Bonchev–Trinajstić information content (AvgIpc) is 2.95. The number of unbranched alkanes of at least 4 members (excludes halogenated alkanes) is 1. The lowest BCUT2D eigenvalue weighted by Gasteiger charge is -2.12. The third-order valence-electron chi connectivity index (χ3n) is 2.73. The Morgan fingerprint density at radius 2 is 2.42 bits per heavy atom. The summed E-state index contributed by atoms with van der Waals surface area (Å²) in [5.74, 6) is -0.0923. The first-order valence-corrected chi connectivity index (χ1v) is 7.27. The van der Waals surface area contributed by atoms with Crippen LogP contribution in [0, 0.1) is 11.3 Å². The fourth-order valence-corrected chi connectivity index (χ4v) is 2.77. The molecule has 98 valence electrons. The van der Waals surface area contributed by atoms with E-state index in [0.29, 0.717) is 22.9 Å². The molecule has 1 aromatic rings. The number of nitrogens with zero attached hydrogens (tertiary/aromatic N) is 2. The maximum atomic E-state index is 12.1. The number of nitrogens with one attached hydrogen (secondary N) is 1. The first-order valence-electron chi connectivity index (χ1n) is 5.99. The molecule has 19 heavy (non-hydrogen) atoms. The highest BCUT2D eigenvalue weighted by Crippen LogP contribution is 2.20. The Labute approximate surface area is 121 Å². The Balaban J connectivity index is 2.16. The number of hydrogen-bond donors (Lipinski definition) is 1. The molecule has 1 aromatic heterocycles. The van der Waals surface area contributed by atoms with Crippen LogP contribution in [0.15, 0.2) is 17.1 Å². The van der Waals surface area contributed by atoms with E-state index in [1.807, 2.05) is 0 Å². The Morgan fingerprint density at radius 3 is 3.05 bits per heavy atom. The van der Waals surface area contributed by atoms with Gasteiger partial charge in [0.1, 0.15) is 11.8 Å². The van der Waals surface area contributed by atoms with Gasteiger partial charge in [0.2, 0.25) is 0 Å². The highest BCUT2D eigenvalue weighted by Gasteiger charge is 2.29. The SMILES string of the molecule is CCCCN1C(=O)C(=Cc2cc(C#N)cs2)NC1=S. The fourth-order valence-electron chi connectivity index (χ4n) is 1.72. The summed E-state index contributed by atoms with van der Waals surface area (Å²) < 4.78 is 0. The molecule has 0 saturated carbocycles. The number of rotatable bonds is 4. The van der Waals surface area contributed by atoms with Gasteiger partial charge < -0.3 is 5.32 Å². The fraction of sp³-hybridized carbons (Fsp3) is 0.308. The number of carbonyl (C=O) groups excluding carboxylic acids is 1. The molecule has 2 rings (SSSR count). The molecule has 1 aliphatic rings. The summed E-state index contributed by atoms with van der Waals surface area (Å²) in [7, 11) is 0. The van der Waals surface area contributed by atoms with Crippen LogP contribution in [0.5, 0.6) is 0 Å². The van der Waals surface area contributed by atoms with Gasteiger partial charge in [0.05, 0.1) is 5.56 Å². The van der Waals surface area contributed by atoms with Crippen LogP contribution >= 0.6 is 23.6 Å². The maximum absolute atomic E-state index is 12.1. The Kier molecular flexibility index (Phi) is 4.30. The van der Waals surface area contributed by atoms with Crippen LogP contribution in [0.4, 0.5) is 0 Å². The van der Waals surface area contributed by atoms with E-state index in [4.69, 9.17) is 17.5 Å². The van der Waals surface area contributed by atoms with E-state index in [0.717, 1.165) is 17.7 Å². The van der Waals surface area contributed by atoms with Crippen molar-refractivity contribution in [3.8, 4) is 6.07 Å². The maximum Gasteiger partial charge on any atom is 0.276 e. The molecule has 6 heteroatoms. The molecule has 0 bridgehead atoms. The van der Waals surface area contributed by atoms with Crippen LogP contribution in [0.1, 0.15) is 30.2 Å². The van der Waals surface area contributed by atoms with E-state index < -0.39 is 0 Å². The molecule has 0 spiro atoms. The topological polar surface area (TPSA) is 56.1 Å². The van der Waals surface area contributed by atoms with Crippen molar-refractivity contribution in [1.82, 2.24) is 10.2 Å². The lowest BCUT2D eigenvalue weighted by molar-refractivity contribution is -0.122. The molecule has 4 nitrogen and oxygen atoms in total. The molecular formula is C13H13N3OS2. The second-order valence-corrected chi connectivity index (χ2v) is 5.48. The number of carbonyl (C=O) groups is 1. The van der Waals surface area contributed by atoms with Crippen molar-refractivity contribution in [2.24, 2.45) is 0 Å². The van der Waals surface area contributed by atoms with Gasteiger partial charge in [-0.1, -0.05) is 13.3 Å². The minimum Gasteiger partial charge on any atom is -0.328 e. The van der Waals surface area contributed by atoms with E-state index in [-0.39, 0.29) is 5.91 Å². The van der Waals surface area contributed by atoms with Gasteiger partial charge in [0.25, 0.3) is 5.91 Å². The van der Waals surface area contributed by atoms with Crippen LogP contribution in [-0.4, -0.2) is 22.5 Å². The number of thiophene rings is 1. The minimum atomic E-state index is -0.0923. The molecular weight excluding hydrogens is 278 g/mol. The highest BCUT2D eigenvalue weighted by molar-refractivity contribution is 7.80.